The first-order valence-electron chi connectivity index (χ1n) is 14.4. The van der Waals surface area contributed by atoms with Crippen LogP contribution in [0, 0.1) is 11.8 Å². The van der Waals surface area contributed by atoms with Crippen molar-refractivity contribution < 1.29 is 44.6 Å². The van der Waals surface area contributed by atoms with E-state index in [1.807, 2.05) is 42.5 Å². The molecule has 4 rings (SSSR count). The van der Waals surface area contributed by atoms with Gasteiger partial charge in [-0.25, -0.2) is 0 Å². The Morgan fingerprint density at radius 2 is 1.88 bits per heavy atom. The molecule has 42 heavy (non-hydrogen) atoms. The predicted octanol–water partition coefficient (Wildman–Crippen LogP) is 3.11. The molecular formula is C31H39ClO9S. The second-order valence-corrected chi connectivity index (χ2v) is 12.4. The summed E-state index contributed by atoms with van der Waals surface area (Å²) < 4.78 is 12.8. The molecule has 5 N–H and O–H groups in total. The molecule has 11 heteroatoms. The second kappa shape index (κ2) is 15.7. The van der Waals surface area contributed by atoms with E-state index in [0.29, 0.717) is 30.7 Å². The van der Waals surface area contributed by atoms with Crippen molar-refractivity contribution in [3.63, 3.8) is 0 Å². The summed E-state index contributed by atoms with van der Waals surface area (Å²) in [5, 5.41) is 52.5. The lowest BCUT2D eigenvalue weighted by molar-refractivity contribution is -0.307. The molecular weight excluding hydrogens is 584 g/mol. The van der Waals surface area contributed by atoms with Gasteiger partial charge in [0.05, 0.1) is 17.7 Å². The summed E-state index contributed by atoms with van der Waals surface area (Å²) >= 11 is 8.23. The Morgan fingerprint density at radius 1 is 1.10 bits per heavy atom. The SMILES string of the molecule is O=CCCC/C=C\C[C@H]1C(=O)C(O)C[C@@H]1/C=C/C(CCc1sc2ccccc2c1Cl)OC1O[C@H](CO)[C@@H](O)[C@H](O)[C@H]1O. The van der Waals surface area contributed by atoms with E-state index in [-0.39, 0.29) is 18.1 Å². The zero-order valence-electron chi connectivity index (χ0n) is 23.2. The monoisotopic (exact) mass is 622 g/mol. The molecule has 0 amide bonds. The molecule has 9 atom stereocenters. The zero-order valence-corrected chi connectivity index (χ0v) is 24.8. The van der Waals surface area contributed by atoms with Crippen LogP contribution in [0.4, 0.5) is 0 Å². The Hall–Kier alpha value is -1.99. The number of carbonyl (C=O) groups excluding carboxylic acids is 2. The highest BCUT2D eigenvalue weighted by atomic mass is 35.5. The number of benzene rings is 1. The molecule has 230 valence electrons. The zero-order chi connectivity index (χ0) is 30.2. The topological polar surface area (TPSA) is 154 Å². The minimum atomic E-state index is -1.58. The van der Waals surface area contributed by atoms with Crippen molar-refractivity contribution in [3.8, 4) is 0 Å². The minimum absolute atomic E-state index is 0.217. The van der Waals surface area contributed by atoms with E-state index in [9.17, 15) is 35.1 Å². The average Bonchev–Trinajstić information content (AvgIpc) is 3.46. The van der Waals surface area contributed by atoms with Crippen molar-refractivity contribution in [2.75, 3.05) is 6.61 Å². The lowest BCUT2D eigenvalue weighted by Crippen LogP contribution is -2.59. The minimum Gasteiger partial charge on any atom is -0.394 e. The maximum Gasteiger partial charge on any atom is 0.187 e. The van der Waals surface area contributed by atoms with Gasteiger partial charge in [0.15, 0.2) is 12.1 Å². The number of aryl methyl sites for hydroxylation is 1. The molecule has 1 aliphatic carbocycles. The van der Waals surface area contributed by atoms with E-state index in [2.05, 4.69) is 0 Å². The van der Waals surface area contributed by atoms with E-state index in [1.54, 1.807) is 17.4 Å². The van der Waals surface area contributed by atoms with Crippen molar-refractivity contribution in [2.45, 2.75) is 87.9 Å². The van der Waals surface area contributed by atoms with Gasteiger partial charge >= 0.3 is 0 Å². The van der Waals surface area contributed by atoms with Crippen molar-refractivity contribution in [1.29, 1.82) is 0 Å². The number of unbranched alkanes of at least 4 members (excludes halogenated alkanes) is 2. The fourth-order valence-electron chi connectivity index (χ4n) is 5.51. The lowest BCUT2D eigenvalue weighted by Gasteiger charge is -2.40. The molecule has 0 radical (unpaired) electrons. The lowest BCUT2D eigenvalue weighted by atomic mass is 9.91. The average molecular weight is 623 g/mol. The van der Waals surface area contributed by atoms with Crippen LogP contribution in [0.1, 0.15) is 43.4 Å². The van der Waals surface area contributed by atoms with Gasteiger partial charge in [0.2, 0.25) is 0 Å². The molecule has 2 aromatic rings. The molecule has 2 fully saturated rings. The first-order chi connectivity index (χ1) is 20.2. The van der Waals surface area contributed by atoms with Gasteiger partial charge in [-0.2, -0.15) is 0 Å². The van der Waals surface area contributed by atoms with E-state index in [1.165, 1.54) is 0 Å². The first-order valence-corrected chi connectivity index (χ1v) is 15.5. The smallest absolute Gasteiger partial charge is 0.187 e. The Kier molecular flexibility index (Phi) is 12.3. The Labute approximate surface area is 254 Å². The number of allylic oxidation sites excluding steroid dienone is 3. The van der Waals surface area contributed by atoms with Gasteiger partial charge in [-0.15, -0.1) is 11.3 Å². The van der Waals surface area contributed by atoms with Crippen LogP contribution in [0.5, 0.6) is 0 Å². The molecule has 1 aromatic heterocycles. The van der Waals surface area contributed by atoms with Gasteiger partial charge < -0.3 is 39.8 Å². The van der Waals surface area contributed by atoms with Crippen molar-refractivity contribution in [3.05, 3.63) is 58.5 Å². The number of aldehydes is 1. The number of ether oxygens (including phenoxy) is 2. The number of aliphatic hydroxyl groups is 5. The van der Waals surface area contributed by atoms with E-state index in [4.69, 9.17) is 21.1 Å². The summed E-state index contributed by atoms with van der Waals surface area (Å²) in [6, 6.07) is 7.82. The van der Waals surface area contributed by atoms with Gasteiger partial charge in [-0.1, -0.05) is 54.1 Å². The molecule has 1 saturated carbocycles. The fourth-order valence-corrected chi connectivity index (χ4v) is 7.05. The highest BCUT2D eigenvalue weighted by molar-refractivity contribution is 7.19. The van der Waals surface area contributed by atoms with Crippen LogP contribution in [-0.2, 0) is 25.5 Å². The van der Waals surface area contributed by atoms with Crippen LogP contribution < -0.4 is 0 Å². The van der Waals surface area contributed by atoms with Crippen LogP contribution >= 0.6 is 22.9 Å². The molecule has 9 nitrogen and oxygen atoms in total. The number of hydrogen-bond donors (Lipinski definition) is 5. The second-order valence-electron chi connectivity index (χ2n) is 10.9. The van der Waals surface area contributed by atoms with E-state index >= 15 is 0 Å². The van der Waals surface area contributed by atoms with Crippen LogP contribution in [0.3, 0.4) is 0 Å². The Balaban J connectivity index is 1.50. The Bertz CT molecular complexity index is 1240. The van der Waals surface area contributed by atoms with Crippen LogP contribution in [-0.4, -0.2) is 87.1 Å². The number of halogens is 1. The number of hydrogen-bond acceptors (Lipinski definition) is 10. The van der Waals surface area contributed by atoms with Crippen LogP contribution in [0.25, 0.3) is 10.1 Å². The van der Waals surface area contributed by atoms with Crippen LogP contribution in [0.2, 0.25) is 5.02 Å². The summed E-state index contributed by atoms with van der Waals surface area (Å²) in [5.74, 6) is -0.880. The summed E-state index contributed by atoms with van der Waals surface area (Å²) in [7, 11) is 0. The molecule has 1 aromatic carbocycles. The number of Topliss-reactive ketones (excluding diaryl/α,β-unsaturated/α-hetero) is 1. The van der Waals surface area contributed by atoms with E-state index < -0.39 is 55.4 Å². The maximum atomic E-state index is 12.7. The predicted molar refractivity (Wildman–Crippen MR) is 159 cm³/mol. The number of carbonyl (C=O) groups is 2. The summed E-state index contributed by atoms with van der Waals surface area (Å²) in [6.45, 7) is -0.574. The molecule has 0 spiro atoms. The number of fused-ring (bicyclic) bond motifs is 1. The van der Waals surface area contributed by atoms with Crippen molar-refractivity contribution in [1.82, 2.24) is 0 Å². The third kappa shape index (κ3) is 7.93. The standard InChI is InChI=1S/C31H39ClO9S/c32-26-21-9-5-6-10-24(21)42-25(26)14-13-19(40-31-30(39)29(38)28(37)23(17-34)41-31)12-11-18-16-22(35)27(36)20(18)8-4-2-1-3-7-15-33/h2,4-6,9-12,15,18-20,22-23,28-31,34-35,37-39H,1,3,7-8,13-14,16-17H2/b4-2-,12-11+/t18-,19?,20+,22?,23+,28+,29-,30+,31?/m0/s1. The summed E-state index contributed by atoms with van der Waals surface area (Å²) in [6.07, 6.45) is 3.22. The molecule has 1 aliphatic heterocycles. The molecule has 0 bridgehead atoms. The maximum absolute atomic E-state index is 12.7. The molecule has 3 unspecified atom stereocenters. The fraction of sp³-hybridized carbons (Fsp3) is 0.548. The normalized spacial score (nSPS) is 31.0. The summed E-state index contributed by atoms with van der Waals surface area (Å²) in [4.78, 5) is 24.2. The van der Waals surface area contributed by atoms with Crippen molar-refractivity contribution in [2.24, 2.45) is 11.8 Å². The van der Waals surface area contributed by atoms with Gasteiger partial charge in [-0.3, -0.25) is 4.79 Å². The Morgan fingerprint density at radius 3 is 2.62 bits per heavy atom. The number of rotatable bonds is 14. The van der Waals surface area contributed by atoms with Gasteiger partial charge in [0.25, 0.3) is 0 Å². The van der Waals surface area contributed by atoms with E-state index in [0.717, 1.165) is 34.1 Å². The molecule has 2 heterocycles. The number of aliphatic hydroxyl groups excluding tert-OH is 5. The highest BCUT2D eigenvalue weighted by Crippen LogP contribution is 2.37. The first kappa shape index (κ1) is 32.9. The molecule has 2 aliphatic rings. The number of thiophene rings is 1. The quantitative estimate of drug-likeness (QED) is 0.121. The van der Waals surface area contributed by atoms with Crippen molar-refractivity contribution >= 4 is 45.1 Å². The van der Waals surface area contributed by atoms with Gasteiger partial charge in [-0.05, 0) is 50.5 Å². The molecule has 1 saturated heterocycles. The number of ketones is 1. The third-order valence-corrected chi connectivity index (χ3v) is 9.72. The third-order valence-electron chi connectivity index (χ3n) is 7.94. The summed E-state index contributed by atoms with van der Waals surface area (Å²) in [5.41, 5.74) is 0. The largest absolute Gasteiger partial charge is 0.394 e. The highest BCUT2D eigenvalue weighted by Gasteiger charge is 2.45. The van der Waals surface area contributed by atoms with Gasteiger partial charge in [0, 0.05) is 27.3 Å². The van der Waals surface area contributed by atoms with Gasteiger partial charge in [0.1, 0.15) is 36.8 Å². The van der Waals surface area contributed by atoms with Crippen LogP contribution in [0.15, 0.2) is 48.6 Å².